The normalized spacial score (nSPS) is 34.2. The first-order valence-electron chi connectivity index (χ1n) is 7.45. The number of ether oxygens (including phenoxy) is 3. The number of nitrogens with one attached hydrogen (secondary N) is 1. The van der Waals surface area contributed by atoms with Crippen LogP contribution in [0, 0.1) is 17.8 Å². The van der Waals surface area contributed by atoms with Gasteiger partial charge in [-0.3, -0.25) is 4.79 Å². The Hall–Kier alpha value is -2.05. The fraction of sp³-hybridized carbons (Fsp3) is 0.667. The highest BCUT2D eigenvalue weighted by atomic mass is 16.6. The fourth-order valence-corrected chi connectivity index (χ4v) is 3.65. The Morgan fingerprint density at radius 2 is 2.18 bits per heavy atom. The van der Waals surface area contributed by atoms with Crippen LogP contribution in [0.15, 0.2) is 12.2 Å². The van der Waals surface area contributed by atoms with Crippen molar-refractivity contribution >= 4 is 18.0 Å². The van der Waals surface area contributed by atoms with Crippen molar-refractivity contribution in [3.8, 4) is 0 Å². The third-order valence-electron chi connectivity index (χ3n) is 4.61. The zero-order chi connectivity index (χ0) is 15.9. The third kappa shape index (κ3) is 2.55. The molecular formula is C15H19NO6. The van der Waals surface area contributed by atoms with Crippen molar-refractivity contribution in [2.75, 3.05) is 13.2 Å². The fourth-order valence-electron chi connectivity index (χ4n) is 3.65. The second-order valence-corrected chi connectivity index (χ2v) is 6.12. The van der Waals surface area contributed by atoms with Gasteiger partial charge in [-0.25, -0.2) is 9.59 Å². The molecule has 120 valence electrons. The summed E-state index contributed by atoms with van der Waals surface area (Å²) in [6.07, 6.45) is 0.404. The van der Waals surface area contributed by atoms with E-state index >= 15 is 0 Å². The van der Waals surface area contributed by atoms with Crippen LogP contribution >= 0.6 is 0 Å². The highest BCUT2D eigenvalue weighted by Gasteiger charge is 2.63. The minimum atomic E-state index is -0.580. The summed E-state index contributed by atoms with van der Waals surface area (Å²) in [6, 6.07) is 0. The number of hydrogen-bond donors (Lipinski definition) is 1. The number of hydrogen-bond acceptors (Lipinski definition) is 6. The molecule has 2 bridgehead atoms. The van der Waals surface area contributed by atoms with E-state index in [1.807, 2.05) is 0 Å². The summed E-state index contributed by atoms with van der Waals surface area (Å²) in [5.41, 5.74) is 0.308. The van der Waals surface area contributed by atoms with Crippen molar-refractivity contribution in [2.24, 2.45) is 17.8 Å². The Bertz CT molecular complexity index is 530. The van der Waals surface area contributed by atoms with E-state index in [0.29, 0.717) is 5.57 Å². The molecule has 0 aromatic rings. The lowest BCUT2D eigenvalue weighted by Crippen LogP contribution is -2.40. The number of rotatable bonds is 5. The molecule has 1 amide bonds. The average molecular weight is 309 g/mol. The minimum absolute atomic E-state index is 0.000494. The molecule has 1 heterocycles. The van der Waals surface area contributed by atoms with Gasteiger partial charge in [0.05, 0.1) is 12.5 Å². The molecule has 2 aliphatic carbocycles. The summed E-state index contributed by atoms with van der Waals surface area (Å²) < 4.78 is 15.6. The third-order valence-corrected chi connectivity index (χ3v) is 4.61. The monoisotopic (exact) mass is 309 g/mol. The van der Waals surface area contributed by atoms with E-state index in [1.54, 1.807) is 6.92 Å². The molecule has 3 aliphatic rings. The minimum Gasteiger partial charge on any atom is -0.460 e. The number of carbonyl (C=O) groups is 3. The van der Waals surface area contributed by atoms with E-state index in [-0.39, 0.29) is 49.1 Å². The Labute approximate surface area is 128 Å². The van der Waals surface area contributed by atoms with Crippen LogP contribution in [0.2, 0.25) is 0 Å². The lowest BCUT2D eigenvalue weighted by atomic mass is 9.88. The van der Waals surface area contributed by atoms with Gasteiger partial charge >= 0.3 is 18.0 Å². The van der Waals surface area contributed by atoms with Crippen LogP contribution in [0.3, 0.4) is 0 Å². The van der Waals surface area contributed by atoms with E-state index in [9.17, 15) is 14.4 Å². The summed E-state index contributed by atoms with van der Waals surface area (Å²) in [5.74, 6) is -0.243. The molecule has 1 saturated heterocycles. The number of amides is 1. The predicted octanol–water partition coefficient (Wildman–Crippen LogP) is 0.782. The molecule has 2 saturated carbocycles. The van der Waals surface area contributed by atoms with Crippen LogP contribution in [-0.4, -0.2) is 43.4 Å². The van der Waals surface area contributed by atoms with Crippen LogP contribution in [0.1, 0.15) is 19.8 Å². The van der Waals surface area contributed by atoms with Gasteiger partial charge in [-0.05, 0) is 19.8 Å². The average Bonchev–Trinajstić information content (AvgIpc) is 3.08. The summed E-state index contributed by atoms with van der Waals surface area (Å²) in [5, 5.41) is 2.52. The molecule has 3 fully saturated rings. The largest absolute Gasteiger partial charge is 0.460 e. The van der Waals surface area contributed by atoms with Crippen LogP contribution in [0.25, 0.3) is 0 Å². The molecule has 22 heavy (non-hydrogen) atoms. The molecule has 1 aliphatic heterocycles. The number of esters is 2. The van der Waals surface area contributed by atoms with E-state index < -0.39 is 12.1 Å². The molecule has 1 N–H and O–H groups in total. The molecule has 0 spiro atoms. The Balaban J connectivity index is 1.41. The first-order valence-corrected chi connectivity index (χ1v) is 7.45. The van der Waals surface area contributed by atoms with Crippen molar-refractivity contribution in [2.45, 2.75) is 32.0 Å². The van der Waals surface area contributed by atoms with Crippen molar-refractivity contribution in [3.05, 3.63) is 12.2 Å². The van der Waals surface area contributed by atoms with Gasteiger partial charge in [0.15, 0.2) is 0 Å². The van der Waals surface area contributed by atoms with Crippen molar-refractivity contribution in [1.29, 1.82) is 0 Å². The first-order chi connectivity index (χ1) is 10.5. The van der Waals surface area contributed by atoms with Crippen LogP contribution < -0.4 is 5.32 Å². The topological polar surface area (TPSA) is 90.9 Å². The van der Waals surface area contributed by atoms with Gasteiger partial charge in [0.2, 0.25) is 0 Å². The summed E-state index contributed by atoms with van der Waals surface area (Å²) in [6.45, 7) is 5.22. The van der Waals surface area contributed by atoms with Gasteiger partial charge in [-0.15, -0.1) is 0 Å². The molecule has 3 rings (SSSR count). The maximum Gasteiger partial charge on any atom is 0.407 e. The van der Waals surface area contributed by atoms with Gasteiger partial charge in [-0.2, -0.15) is 0 Å². The lowest BCUT2D eigenvalue weighted by molar-refractivity contribution is -0.145. The standard InChI is InChI=1S/C15H19NO6/c1-7(2)13(17)20-4-3-16-15(19)22-11-8-5-9-10(6-8)14(18)21-12(9)11/h8-12H,1,3-6H2,2H3,(H,16,19). The van der Waals surface area contributed by atoms with E-state index in [0.717, 1.165) is 12.8 Å². The SMILES string of the molecule is C=C(C)C(=O)OCCNC(=O)OC1C2CC3C(=O)OC1C3C2. The molecule has 0 radical (unpaired) electrons. The van der Waals surface area contributed by atoms with Crippen LogP contribution in [0.5, 0.6) is 0 Å². The quantitative estimate of drug-likeness (QED) is 0.349. The van der Waals surface area contributed by atoms with E-state index in [2.05, 4.69) is 11.9 Å². The van der Waals surface area contributed by atoms with Gasteiger partial charge < -0.3 is 19.5 Å². The smallest absolute Gasteiger partial charge is 0.407 e. The molecule has 7 nitrogen and oxygen atoms in total. The molecule has 7 heteroatoms. The Kier molecular flexibility index (Phi) is 3.80. The van der Waals surface area contributed by atoms with Gasteiger partial charge in [0.25, 0.3) is 0 Å². The molecular weight excluding hydrogens is 290 g/mol. The molecule has 0 aromatic carbocycles. The number of carbonyl (C=O) groups excluding carboxylic acids is 3. The van der Waals surface area contributed by atoms with Crippen molar-refractivity contribution in [3.63, 3.8) is 0 Å². The zero-order valence-electron chi connectivity index (χ0n) is 12.4. The Morgan fingerprint density at radius 1 is 1.41 bits per heavy atom. The second-order valence-electron chi connectivity index (χ2n) is 6.12. The summed E-state index contributed by atoms with van der Waals surface area (Å²) in [4.78, 5) is 34.6. The number of fused-ring (bicyclic) bond motifs is 1. The molecule has 5 atom stereocenters. The van der Waals surface area contributed by atoms with E-state index in [4.69, 9.17) is 14.2 Å². The second kappa shape index (κ2) is 5.62. The van der Waals surface area contributed by atoms with E-state index in [1.165, 1.54) is 0 Å². The maximum absolute atomic E-state index is 11.8. The van der Waals surface area contributed by atoms with Gasteiger partial charge in [0, 0.05) is 17.4 Å². The maximum atomic E-state index is 11.8. The highest BCUT2D eigenvalue weighted by Crippen LogP contribution is 2.55. The number of alkyl carbamates (subject to hydrolysis) is 1. The van der Waals surface area contributed by atoms with Crippen LogP contribution in [-0.2, 0) is 23.8 Å². The predicted molar refractivity (Wildman–Crippen MR) is 73.6 cm³/mol. The lowest BCUT2D eigenvalue weighted by Gasteiger charge is -2.25. The van der Waals surface area contributed by atoms with Gasteiger partial charge in [-0.1, -0.05) is 6.58 Å². The highest BCUT2D eigenvalue weighted by molar-refractivity contribution is 5.86. The molecule has 5 unspecified atom stereocenters. The zero-order valence-corrected chi connectivity index (χ0v) is 12.4. The first kappa shape index (κ1) is 14.9. The van der Waals surface area contributed by atoms with Crippen LogP contribution in [0.4, 0.5) is 4.79 Å². The van der Waals surface area contributed by atoms with Crippen molar-refractivity contribution in [1.82, 2.24) is 5.32 Å². The van der Waals surface area contributed by atoms with Crippen molar-refractivity contribution < 1.29 is 28.6 Å². The summed E-state index contributed by atoms with van der Waals surface area (Å²) in [7, 11) is 0. The summed E-state index contributed by atoms with van der Waals surface area (Å²) >= 11 is 0. The van der Waals surface area contributed by atoms with Gasteiger partial charge in [0.1, 0.15) is 18.8 Å². The molecule has 0 aromatic heterocycles. The Morgan fingerprint density at radius 3 is 2.91 bits per heavy atom.